The molecule has 3 aromatic rings. The molecule has 154 valence electrons. The van der Waals surface area contributed by atoms with Gasteiger partial charge in [0.15, 0.2) is 0 Å². The Bertz CT molecular complexity index is 1080. The number of amides is 2. The van der Waals surface area contributed by atoms with Gasteiger partial charge in [-0.2, -0.15) is 0 Å². The van der Waals surface area contributed by atoms with Crippen LogP contribution in [0.25, 0.3) is 10.9 Å². The summed E-state index contributed by atoms with van der Waals surface area (Å²) in [6.45, 7) is 4.47. The number of piperidine rings is 1. The lowest BCUT2D eigenvalue weighted by Crippen LogP contribution is -2.46. The second-order valence-electron chi connectivity index (χ2n) is 7.82. The second-order valence-corrected chi connectivity index (χ2v) is 7.82. The van der Waals surface area contributed by atoms with Crippen molar-refractivity contribution in [2.75, 3.05) is 17.6 Å². The molecule has 2 amide bonds. The molecular weight excluding hydrogens is 366 g/mol. The van der Waals surface area contributed by atoms with Crippen LogP contribution in [0.1, 0.15) is 39.8 Å². The maximum Gasteiger partial charge on any atom is 0.313 e. The normalized spacial score (nSPS) is 19.3. The Morgan fingerprint density at radius 1 is 1.31 bits per heavy atom. The Hall–Kier alpha value is -3.35. The lowest BCUT2D eigenvalue weighted by Gasteiger charge is -2.38. The predicted molar refractivity (Wildman–Crippen MR) is 117 cm³/mol. The van der Waals surface area contributed by atoms with E-state index < -0.39 is 11.8 Å². The zero-order valence-electron chi connectivity index (χ0n) is 16.6. The Morgan fingerprint density at radius 2 is 2.14 bits per heavy atom. The van der Waals surface area contributed by atoms with Crippen LogP contribution in [0.5, 0.6) is 0 Å². The molecule has 1 aromatic carbocycles. The number of fused-ring (bicyclic) bond motifs is 1. The van der Waals surface area contributed by atoms with Crippen LogP contribution in [0.15, 0.2) is 42.7 Å². The van der Waals surface area contributed by atoms with E-state index in [9.17, 15) is 9.59 Å². The van der Waals surface area contributed by atoms with Gasteiger partial charge in [-0.15, -0.1) is 0 Å². The van der Waals surface area contributed by atoms with E-state index in [1.807, 2.05) is 30.5 Å². The van der Waals surface area contributed by atoms with Gasteiger partial charge in [-0.25, -0.2) is 4.98 Å². The highest BCUT2D eigenvalue weighted by molar-refractivity contribution is 6.39. The molecule has 2 aromatic heterocycles. The van der Waals surface area contributed by atoms with Gasteiger partial charge in [0.25, 0.3) is 0 Å². The number of aryl methyl sites for hydroxylation is 1. The summed E-state index contributed by atoms with van der Waals surface area (Å²) in [5, 5.41) is 3.76. The molecule has 4 N–H and O–H groups in total. The van der Waals surface area contributed by atoms with Crippen LogP contribution in [0, 0.1) is 12.8 Å². The molecule has 1 saturated heterocycles. The molecule has 0 radical (unpaired) electrons. The molecule has 0 saturated carbocycles. The van der Waals surface area contributed by atoms with Crippen LogP contribution in [0.3, 0.4) is 0 Å². The highest BCUT2D eigenvalue weighted by atomic mass is 16.2. The summed E-state index contributed by atoms with van der Waals surface area (Å²) in [5.74, 6) is -0.437. The minimum Gasteiger partial charge on any atom is -0.383 e. The van der Waals surface area contributed by atoms with Crippen molar-refractivity contribution in [1.29, 1.82) is 0 Å². The maximum atomic E-state index is 13.1. The molecule has 3 heterocycles. The Morgan fingerprint density at radius 3 is 2.93 bits per heavy atom. The molecule has 1 aliphatic rings. The van der Waals surface area contributed by atoms with Gasteiger partial charge in [-0.1, -0.05) is 19.1 Å². The van der Waals surface area contributed by atoms with Crippen molar-refractivity contribution in [3.8, 4) is 0 Å². The van der Waals surface area contributed by atoms with Gasteiger partial charge in [-0.3, -0.25) is 9.59 Å². The van der Waals surface area contributed by atoms with Crippen molar-refractivity contribution in [2.24, 2.45) is 5.92 Å². The molecule has 1 fully saturated rings. The summed E-state index contributed by atoms with van der Waals surface area (Å²) >= 11 is 0. The zero-order valence-corrected chi connectivity index (χ0v) is 16.6. The smallest absolute Gasteiger partial charge is 0.313 e. The van der Waals surface area contributed by atoms with E-state index in [1.54, 1.807) is 17.9 Å². The summed E-state index contributed by atoms with van der Waals surface area (Å²) in [5.41, 5.74) is 9.04. The van der Waals surface area contributed by atoms with Gasteiger partial charge < -0.3 is 20.9 Å². The molecule has 0 aliphatic carbocycles. The molecule has 7 nitrogen and oxygen atoms in total. The lowest BCUT2D eigenvalue weighted by molar-refractivity contribution is -0.146. The minimum atomic E-state index is -0.656. The number of carbonyl (C=O) groups is 2. The number of pyridine rings is 1. The number of hydrogen-bond donors (Lipinski definition) is 3. The fraction of sp³-hybridized carbons (Fsp3) is 0.318. The lowest BCUT2D eigenvalue weighted by atomic mass is 9.88. The number of nitrogen functional groups attached to an aromatic ring is 1. The topological polar surface area (TPSA) is 104 Å². The molecule has 0 spiro atoms. The number of anilines is 2. The molecule has 2 atom stereocenters. The number of nitrogens with one attached hydrogen (secondary N) is 2. The second kappa shape index (κ2) is 7.58. The van der Waals surface area contributed by atoms with Crippen molar-refractivity contribution in [3.05, 3.63) is 53.9 Å². The summed E-state index contributed by atoms with van der Waals surface area (Å²) < 4.78 is 0. The molecule has 1 aliphatic heterocycles. The third kappa shape index (κ3) is 3.68. The Kier molecular flexibility index (Phi) is 4.96. The maximum absolute atomic E-state index is 13.1. The van der Waals surface area contributed by atoms with Crippen LogP contribution in [-0.2, 0) is 9.59 Å². The summed E-state index contributed by atoms with van der Waals surface area (Å²) in [4.78, 5) is 34.8. The number of benzene rings is 1. The fourth-order valence-electron chi connectivity index (χ4n) is 4.07. The third-order valence-electron chi connectivity index (χ3n) is 5.64. The van der Waals surface area contributed by atoms with E-state index in [0.717, 1.165) is 34.9 Å². The van der Waals surface area contributed by atoms with Crippen molar-refractivity contribution in [3.63, 3.8) is 0 Å². The first-order valence-corrected chi connectivity index (χ1v) is 9.84. The van der Waals surface area contributed by atoms with E-state index >= 15 is 0 Å². The van der Waals surface area contributed by atoms with E-state index in [0.29, 0.717) is 24.0 Å². The molecule has 0 bridgehead atoms. The van der Waals surface area contributed by atoms with Gasteiger partial charge in [-0.05, 0) is 55.0 Å². The predicted octanol–water partition coefficient (Wildman–Crippen LogP) is 3.88. The van der Waals surface area contributed by atoms with Gasteiger partial charge in [0.2, 0.25) is 0 Å². The average molecular weight is 396 g/mol. The van der Waals surface area contributed by atoms with Gasteiger partial charge >= 0.3 is 11.8 Å². The number of likely N-dealkylation sites (tertiary alicyclic amines) is 1. The molecular formula is C22H29N5O2. The van der Waals surface area contributed by atoms with E-state index in [4.69, 9.17) is 5.73 Å². The molecule has 7 heteroatoms. The summed E-state index contributed by atoms with van der Waals surface area (Å²) in [6, 6.07) is 9.65. The van der Waals surface area contributed by atoms with Crippen LogP contribution in [0.4, 0.5) is 11.5 Å². The first kappa shape index (κ1) is 19.0. The number of aromatic nitrogens is 2. The number of carbonyl (C=O) groups excluding carboxylic acids is 2. The molecule has 4 rings (SSSR count). The number of nitrogens with two attached hydrogens (primary N) is 1. The van der Waals surface area contributed by atoms with Crippen LogP contribution in [-0.4, -0.2) is 33.2 Å². The SMILES string of the molecule is Cc1cc(NC(=O)C(=O)N2C[C@@H](C)CC[C@@H]2c2cccc3[nH]ccc23)cnc1N.[HH].[HH]. The minimum absolute atomic E-state index is 0. The van der Waals surface area contributed by atoms with Crippen molar-refractivity contribution in [2.45, 2.75) is 32.7 Å². The monoisotopic (exact) mass is 395 g/mol. The molecule has 29 heavy (non-hydrogen) atoms. The van der Waals surface area contributed by atoms with Crippen molar-refractivity contribution in [1.82, 2.24) is 14.9 Å². The van der Waals surface area contributed by atoms with Crippen LogP contribution >= 0.6 is 0 Å². The van der Waals surface area contributed by atoms with Gasteiger partial charge in [0.1, 0.15) is 5.82 Å². The average Bonchev–Trinajstić information content (AvgIpc) is 3.19. The highest BCUT2D eigenvalue weighted by Crippen LogP contribution is 2.36. The Balaban J connectivity index is 0.00000171. The van der Waals surface area contributed by atoms with Gasteiger partial charge in [0, 0.05) is 26.5 Å². The largest absolute Gasteiger partial charge is 0.383 e. The first-order valence-electron chi connectivity index (χ1n) is 9.84. The van der Waals surface area contributed by atoms with E-state index in [2.05, 4.69) is 22.2 Å². The summed E-state index contributed by atoms with van der Waals surface area (Å²) in [7, 11) is 0. The quantitative estimate of drug-likeness (QED) is 0.573. The summed E-state index contributed by atoms with van der Waals surface area (Å²) in [6.07, 6.45) is 5.20. The number of rotatable bonds is 2. The Labute approximate surface area is 172 Å². The highest BCUT2D eigenvalue weighted by Gasteiger charge is 2.35. The third-order valence-corrected chi connectivity index (χ3v) is 5.64. The number of aromatic amines is 1. The van der Waals surface area contributed by atoms with Crippen molar-refractivity contribution >= 4 is 34.2 Å². The number of nitrogens with zero attached hydrogens (tertiary/aromatic N) is 2. The van der Waals surface area contributed by atoms with Crippen molar-refractivity contribution < 1.29 is 12.4 Å². The number of H-pyrrole nitrogens is 1. The van der Waals surface area contributed by atoms with E-state index in [-0.39, 0.29) is 8.90 Å². The standard InChI is InChI=1S/C22H25N5O2.2H2/c1-13-6-7-19(17-4-3-5-18-16(17)8-9-24-18)27(12-13)22(29)21(28)26-15-10-14(2)20(23)25-11-15;;/h3-5,8-11,13,19,24H,6-7,12H2,1-2H3,(H2,23,25)(H,26,28);2*1H/t13-,19+;;/m0../s1. The molecule has 0 unspecified atom stereocenters. The van der Waals surface area contributed by atoms with Crippen LogP contribution < -0.4 is 11.1 Å². The van der Waals surface area contributed by atoms with Gasteiger partial charge in [0.05, 0.1) is 17.9 Å². The van der Waals surface area contributed by atoms with E-state index in [1.165, 1.54) is 6.20 Å². The number of hydrogen-bond acceptors (Lipinski definition) is 4. The fourth-order valence-corrected chi connectivity index (χ4v) is 4.07. The van der Waals surface area contributed by atoms with Crippen LogP contribution in [0.2, 0.25) is 0 Å². The first-order chi connectivity index (χ1) is 13.9. The zero-order chi connectivity index (χ0) is 20.5.